The first-order valence-corrected chi connectivity index (χ1v) is 7.67. The number of hydrogen-bond acceptors (Lipinski definition) is 5. The molecule has 14 heavy (non-hydrogen) atoms. The molecular formula is C7H12N2O2S3. The molecule has 2 N–H and O–H groups in total. The smallest absolute Gasteiger partial charge is 0.209 e. The third kappa shape index (κ3) is 4.41. The zero-order valence-electron chi connectivity index (χ0n) is 7.76. The Morgan fingerprint density at radius 1 is 1.64 bits per heavy atom. The summed E-state index contributed by atoms with van der Waals surface area (Å²) in [5.41, 5.74) is 1.05. The average molecular weight is 252 g/mol. The fraction of sp³-hybridized carbons (Fsp3) is 0.571. The zero-order chi connectivity index (χ0) is 10.6. The van der Waals surface area contributed by atoms with Crippen LogP contribution >= 0.6 is 23.1 Å². The van der Waals surface area contributed by atoms with Gasteiger partial charge in [-0.25, -0.2) is 18.5 Å². The molecule has 1 heterocycles. The van der Waals surface area contributed by atoms with Crippen molar-refractivity contribution in [1.29, 1.82) is 0 Å². The predicted octanol–water partition coefficient (Wildman–Crippen LogP) is 1.09. The van der Waals surface area contributed by atoms with Crippen LogP contribution in [0.3, 0.4) is 0 Å². The number of rotatable bonds is 5. The Morgan fingerprint density at radius 3 is 2.86 bits per heavy atom. The molecule has 0 fully saturated rings. The molecular weight excluding hydrogens is 240 g/mol. The summed E-state index contributed by atoms with van der Waals surface area (Å²) in [5, 5.41) is 6.86. The number of nitrogens with zero attached hydrogens (tertiary/aromatic N) is 1. The van der Waals surface area contributed by atoms with Gasteiger partial charge in [-0.3, -0.25) is 0 Å². The maximum absolute atomic E-state index is 10.6. The Labute approximate surface area is 92.0 Å². The molecule has 0 amide bonds. The first kappa shape index (κ1) is 12.0. The molecule has 0 bridgehead atoms. The zero-order valence-corrected chi connectivity index (χ0v) is 10.2. The van der Waals surface area contributed by atoms with Gasteiger partial charge in [0.2, 0.25) is 10.0 Å². The highest BCUT2D eigenvalue weighted by molar-refractivity contribution is 8.02. The van der Waals surface area contributed by atoms with Crippen molar-refractivity contribution in [3.05, 3.63) is 11.1 Å². The van der Waals surface area contributed by atoms with Gasteiger partial charge in [-0.1, -0.05) is 18.7 Å². The maximum Gasteiger partial charge on any atom is 0.209 e. The molecule has 0 atom stereocenters. The standard InChI is InChI=1S/C7H12N2O2S3/c1-2-6-5-13-7(9-6)12-3-4-14(8,10)11/h5H,2-4H2,1H3,(H2,8,10,11). The van der Waals surface area contributed by atoms with Crippen LogP contribution in [-0.2, 0) is 16.4 Å². The van der Waals surface area contributed by atoms with E-state index in [9.17, 15) is 8.42 Å². The number of hydrogen-bond donors (Lipinski definition) is 1. The summed E-state index contributed by atoms with van der Waals surface area (Å²) in [7, 11) is -3.34. The monoisotopic (exact) mass is 252 g/mol. The van der Waals surface area contributed by atoms with E-state index < -0.39 is 10.0 Å². The number of primary sulfonamides is 1. The first-order valence-electron chi connectivity index (χ1n) is 4.09. The van der Waals surface area contributed by atoms with Gasteiger partial charge in [0.05, 0.1) is 11.4 Å². The third-order valence-corrected chi connectivity index (χ3v) is 4.59. The molecule has 4 nitrogen and oxygen atoms in total. The molecule has 0 aliphatic rings. The van der Waals surface area contributed by atoms with E-state index in [2.05, 4.69) is 4.98 Å². The largest absolute Gasteiger partial charge is 0.235 e. The number of nitrogens with two attached hydrogens (primary N) is 1. The predicted molar refractivity (Wildman–Crippen MR) is 60.2 cm³/mol. The summed E-state index contributed by atoms with van der Waals surface area (Å²) in [6, 6.07) is 0. The average Bonchev–Trinajstić information content (AvgIpc) is 2.50. The number of aromatic nitrogens is 1. The number of thiazole rings is 1. The van der Waals surface area contributed by atoms with Crippen molar-refractivity contribution in [3.8, 4) is 0 Å². The van der Waals surface area contributed by atoms with Crippen molar-refractivity contribution >= 4 is 33.1 Å². The van der Waals surface area contributed by atoms with Gasteiger partial charge in [0, 0.05) is 11.1 Å². The normalized spacial score (nSPS) is 11.9. The van der Waals surface area contributed by atoms with Crippen molar-refractivity contribution in [1.82, 2.24) is 4.98 Å². The maximum atomic E-state index is 10.6. The van der Waals surface area contributed by atoms with Crippen LogP contribution in [0, 0.1) is 0 Å². The van der Waals surface area contributed by atoms with E-state index in [1.807, 2.05) is 12.3 Å². The third-order valence-electron chi connectivity index (χ3n) is 1.49. The van der Waals surface area contributed by atoms with Gasteiger partial charge >= 0.3 is 0 Å². The minimum absolute atomic E-state index is 0.00128. The highest BCUT2D eigenvalue weighted by atomic mass is 32.2. The van der Waals surface area contributed by atoms with Crippen LogP contribution in [0.25, 0.3) is 0 Å². The molecule has 0 aliphatic heterocycles. The Morgan fingerprint density at radius 2 is 2.36 bits per heavy atom. The van der Waals surface area contributed by atoms with Gasteiger partial charge in [-0.2, -0.15) is 0 Å². The summed E-state index contributed by atoms with van der Waals surface area (Å²) in [4.78, 5) is 4.29. The Hall–Kier alpha value is -0.110. The fourth-order valence-electron chi connectivity index (χ4n) is 0.762. The Bertz CT molecular complexity index is 385. The van der Waals surface area contributed by atoms with E-state index in [0.29, 0.717) is 5.75 Å². The van der Waals surface area contributed by atoms with Crippen LogP contribution in [0.5, 0.6) is 0 Å². The van der Waals surface area contributed by atoms with Gasteiger partial charge in [-0.05, 0) is 6.42 Å². The van der Waals surface area contributed by atoms with E-state index in [4.69, 9.17) is 5.14 Å². The molecule has 1 aromatic heterocycles. The molecule has 80 valence electrons. The van der Waals surface area contributed by atoms with E-state index >= 15 is 0 Å². The van der Waals surface area contributed by atoms with E-state index in [0.717, 1.165) is 16.5 Å². The molecule has 7 heteroatoms. The molecule has 1 rings (SSSR count). The van der Waals surface area contributed by atoms with Crippen LogP contribution in [0.2, 0.25) is 0 Å². The lowest BCUT2D eigenvalue weighted by Crippen LogP contribution is -2.17. The summed E-state index contributed by atoms with van der Waals surface area (Å²) < 4.78 is 22.2. The number of sulfonamides is 1. The SMILES string of the molecule is CCc1csc(SCCS(N)(=O)=O)n1. The minimum Gasteiger partial charge on any atom is -0.235 e. The van der Waals surface area contributed by atoms with Crippen LogP contribution in [-0.4, -0.2) is 24.9 Å². The summed E-state index contributed by atoms with van der Waals surface area (Å²) in [6.45, 7) is 2.04. The van der Waals surface area contributed by atoms with Crippen LogP contribution in [0.4, 0.5) is 0 Å². The molecule has 0 saturated carbocycles. The molecule has 0 unspecified atom stereocenters. The van der Waals surface area contributed by atoms with Crippen molar-refractivity contribution in [2.45, 2.75) is 17.7 Å². The molecule has 0 aromatic carbocycles. The van der Waals surface area contributed by atoms with Crippen LogP contribution in [0.15, 0.2) is 9.72 Å². The molecule has 0 aliphatic carbocycles. The number of aryl methyl sites for hydroxylation is 1. The Balaban J connectivity index is 2.39. The van der Waals surface area contributed by atoms with E-state index in [1.165, 1.54) is 11.8 Å². The van der Waals surface area contributed by atoms with Crippen LogP contribution in [0.1, 0.15) is 12.6 Å². The first-order chi connectivity index (χ1) is 6.51. The molecule has 1 aromatic rings. The fourth-order valence-corrected chi connectivity index (χ4v) is 3.67. The second-order valence-corrected chi connectivity index (χ2v) is 6.61. The quantitative estimate of drug-likeness (QED) is 0.796. The van der Waals surface area contributed by atoms with Gasteiger partial charge in [0.1, 0.15) is 4.34 Å². The van der Waals surface area contributed by atoms with Crippen molar-refractivity contribution in [2.75, 3.05) is 11.5 Å². The van der Waals surface area contributed by atoms with Crippen molar-refractivity contribution in [3.63, 3.8) is 0 Å². The van der Waals surface area contributed by atoms with Crippen molar-refractivity contribution < 1.29 is 8.42 Å². The van der Waals surface area contributed by atoms with E-state index in [-0.39, 0.29) is 5.75 Å². The second kappa shape index (κ2) is 5.11. The summed E-state index contributed by atoms with van der Waals surface area (Å²) in [6.07, 6.45) is 0.909. The van der Waals surface area contributed by atoms with Crippen molar-refractivity contribution in [2.24, 2.45) is 5.14 Å². The Kier molecular flexibility index (Phi) is 4.36. The lowest BCUT2D eigenvalue weighted by Gasteiger charge is -1.95. The topological polar surface area (TPSA) is 73.1 Å². The minimum atomic E-state index is -3.34. The molecule has 0 saturated heterocycles. The van der Waals surface area contributed by atoms with Crippen LogP contribution < -0.4 is 5.14 Å². The summed E-state index contributed by atoms with van der Waals surface area (Å²) in [5.74, 6) is 0.466. The summed E-state index contributed by atoms with van der Waals surface area (Å²) >= 11 is 2.97. The van der Waals surface area contributed by atoms with Gasteiger partial charge in [-0.15, -0.1) is 11.3 Å². The lowest BCUT2D eigenvalue weighted by atomic mass is 10.4. The van der Waals surface area contributed by atoms with Gasteiger partial charge in [0.15, 0.2) is 0 Å². The molecule has 0 radical (unpaired) electrons. The lowest BCUT2D eigenvalue weighted by molar-refractivity contribution is 0.599. The highest BCUT2D eigenvalue weighted by Gasteiger charge is 2.05. The van der Waals surface area contributed by atoms with E-state index in [1.54, 1.807) is 11.3 Å². The highest BCUT2D eigenvalue weighted by Crippen LogP contribution is 2.22. The second-order valence-electron chi connectivity index (χ2n) is 2.67. The van der Waals surface area contributed by atoms with Gasteiger partial charge in [0.25, 0.3) is 0 Å². The van der Waals surface area contributed by atoms with Gasteiger partial charge < -0.3 is 0 Å². The molecule has 0 spiro atoms. The number of thioether (sulfide) groups is 1.